The Bertz CT molecular complexity index is 627. The number of carbonyl (C=O) groups excluding carboxylic acids is 1. The van der Waals surface area contributed by atoms with Gasteiger partial charge in [-0.25, -0.2) is 0 Å². The highest BCUT2D eigenvalue weighted by Gasteiger charge is 2.16. The van der Waals surface area contributed by atoms with Crippen molar-refractivity contribution in [1.29, 1.82) is 0 Å². The summed E-state index contributed by atoms with van der Waals surface area (Å²) in [6.45, 7) is 10.7. The van der Waals surface area contributed by atoms with Gasteiger partial charge in [0.2, 0.25) is 0 Å². The van der Waals surface area contributed by atoms with E-state index >= 15 is 0 Å². The van der Waals surface area contributed by atoms with Gasteiger partial charge >= 0.3 is 0 Å². The van der Waals surface area contributed by atoms with Gasteiger partial charge in [-0.15, -0.1) is 0 Å². The van der Waals surface area contributed by atoms with Gasteiger partial charge in [0.05, 0.1) is 0 Å². The van der Waals surface area contributed by atoms with Gasteiger partial charge in [-0.3, -0.25) is 4.79 Å². The Morgan fingerprint density at radius 2 is 1.36 bits per heavy atom. The monoisotopic (exact) mass is 294 g/mol. The number of Topliss-reactive ketones (excluding diaryl/α,β-unsaturated/α-hetero) is 1. The number of rotatable bonds is 4. The van der Waals surface area contributed by atoms with E-state index in [9.17, 15) is 4.79 Å². The van der Waals surface area contributed by atoms with E-state index in [0.717, 1.165) is 11.1 Å². The van der Waals surface area contributed by atoms with Gasteiger partial charge in [-0.1, -0.05) is 76.2 Å². The summed E-state index contributed by atoms with van der Waals surface area (Å²) in [5, 5.41) is 0. The van der Waals surface area contributed by atoms with Crippen molar-refractivity contribution in [1.82, 2.24) is 0 Å². The van der Waals surface area contributed by atoms with E-state index in [-0.39, 0.29) is 5.78 Å². The molecule has 1 nitrogen and oxygen atoms in total. The second-order valence-corrected chi connectivity index (χ2v) is 7.42. The van der Waals surface area contributed by atoms with Crippen LogP contribution in [-0.2, 0) is 0 Å². The Hall–Kier alpha value is -1.89. The fraction of sp³-hybridized carbons (Fsp3) is 0.381. The molecule has 2 aromatic rings. The second-order valence-electron chi connectivity index (χ2n) is 7.42. The highest BCUT2D eigenvalue weighted by molar-refractivity contribution is 5.94. The average molecular weight is 294 g/mol. The summed E-state index contributed by atoms with van der Waals surface area (Å²) in [5.41, 5.74) is 4.85. The predicted octanol–water partition coefficient (Wildman–Crippen LogP) is 6.10. The number of ketones is 1. The summed E-state index contributed by atoms with van der Waals surface area (Å²) < 4.78 is 0. The standard InChI is InChI=1S/C21H26O/c1-15(14-21(3,4)5)17-6-10-19(11-7-17)20-12-8-18(9-13-20)16(2)22/h6-13,15H,14H2,1-5H3. The molecule has 0 spiro atoms. The van der Waals surface area contributed by atoms with Crippen molar-refractivity contribution in [2.45, 2.75) is 47.0 Å². The first-order valence-electron chi connectivity index (χ1n) is 7.97. The lowest BCUT2D eigenvalue weighted by atomic mass is 9.82. The number of carbonyl (C=O) groups is 1. The molecule has 0 fully saturated rings. The topological polar surface area (TPSA) is 17.1 Å². The van der Waals surface area contributed by atoms with Crippen molar-refractivity contribution in [3.8, 4) is 11.1 Å². The summed E-state index contributed by atoms with van der Waals surface area (Å²) in [7, 11) is 0. The summed E-state index contributed by atoms with van der Waals surface area (Å²) in [6, 6.07) is 16.6. The summed E-state index contributed by atoms with van der Waals surface area (Å²) in [5.74, 6) is 0.673. The molecule has 22 heavy (non-hydrogen) atoms. The average Bonchev–Trinajstić information content (AvgIpc) is 2.46. The van der Waals surface area contributed by atoms with Gasteiger partial charge < -0.3 is 0 Å². The van der Waals surface area contributed by atoms with E-state index in [1.54, 1.807) is 6.92 Å². The van der Waals surface area contributed by atoms with E-state index < -0.39 is 0 Å². The van der Waals surface area contributed by atoms with E-state index in [1.807, 2.05) is 24.3 Å². The maximum absolute atomic E-state index is 11.3. The van der Waals surface area contributed by atoms with E-state index in [1.165, 1.54) is 17.5 Å². The third kappa shape index (κ3) is 4.30. The zero-order chi connectivity index (χ0) is 16.3. The quantitative estimate of drug-likeness (QED) is 0.623. The molecule has 1 heteroatoms. The Labute approximate surface area is 134 Å². The zero-order valence-electron chi connectivity index (χ0n) is 14.3. The highest BCUT2D eigenvalue weighted by atomic mass is 16.1. The SMILES string of the molecule is CC(=O)c1ccc(-c2ccc(C(C)CC(C)(C)C)cc2)cc1. The molecule has 2 aromatic carbocycles. The van der Waals surface area contributed by atoms with Gasteiger partial charge in [-0.2, -0.15) is 0 Å². The van der Waals surface area contributed by atoms with Gasteiger partial charge in [-0.05, 0) is 41.4 Å². The number of benzene rings is 2. The van der Waals surface area contributed by atoms with Crippen molar-refractivity contribution >= 4 is 5.78 Å². The maximum Gasteiger partial charge on any atom is 0.159 e. The maximum atomic E-state index is 11.3. The first-order valence-corrected chi connectivity index (χ1v) is 7.97. The van der Waals surface area contributed by atoms with Crippen LogP contribution >= 0.6 is 0 Å². The smallest absolute Gasteiger partial charge is 0.159 e. The molecule has 2 rings (SSSR count). The van der Waals surface area contributed by atoms with Crippen LogP contribution in [0, 0.1) is 5.41 Å². The lowest BCUT2D eigenvalue weighted by molar-refractivity contribution is 0.101. The third-order valence-electron chi connectivity index (χ3n) is 4.02. The van der Waals surface area contributed by atoms with Crippen molar-refractivity contribution in [3.05, 3.63) is 59.7 Å². The van der Waals surface area contributed by atoms with Gasteiger partial charge in [0.25, 0.3) is 0 Å². The molecule has 0 radical (unpaired) electrons. The minimum absolute atomic E-state index is 0.109. The van der Waals surface area contributed by atoms with E-state index in [0.29, 0.717) is 11.3 Å². The molecule has 1 unspecified atom stereocenters. The molecule has 0 amide bonds. The lowest BCUT2D eigenvalue weighted by Gasteiger charge is -2.23. The molecule has 0 N–H and O–H groups in total. The van der Waals surface area contributed by atoms with Crippen LogP contribution in [0.25, 0.3) is 11.1 Å². The molecule has 0 saturated carbocycles. The third-order valence-corrected chi connectivity index (χ3v) is 4.02. The second kappa shape index (κ2) is 6.48. The molecule has 0 aliphatic carbocycles. The van der Waals surface area contributed by atoms with Crippen LogP contribution in [0.4, 0.5) is 0 Å². The zero-order valence-corrected chi connectivity index (χ0v) is 14.3. The molecule has 0 aliphatic heterocycles. The number of hydrogen-bond donors (Lipinski definition) is 0. The highest BCUT2D eigenvalue weighted by Crippen LogP contribution is 2.31. The van der Waals surface area contributed by atoms with Crippen LogP contribution in [0.2, 0.25) is 0 Å². The minimum Gasteiger partial charge on any atom is -0.295 e. The van der Waals surface area contributed by atoms with Crippen LogP contribution in [0.3, 0.4) is 0 Å². The lowest BCUT2D eigenvalue weighted by Crippen LogP contribution is -2.09. The largest absolute Gasteiger partial charge is 0.295 e. The van der Waals surface area contributed by atoms with Crippen molar-refractivity contribution in [2.75, 3.05) is 0 Å². The summed E-state index contributed by atoms with van der Waals surface area (Å²) in [4.78, 5) is 11.3. The first-order chi connectivity index (χ1) is 10.3. The van der Waals surface area contributed by atoms with Gasteiger partial charge in [0, 0.05) is 5.56 Å². The molecule has 0 heterocycles. The van der Waals surface area contributed by atoms with E-state index in [2.05, 4.69) is 52.0 Å². The Kier molecular flexibility index (Phi) is 4.85. The Morgan fingerprint density at radius 1 is 0.909 bits per heavy atom. The van der Waals surface area contributed by atoms with Crippen LogP contribution in [-0.4, -0.2) is 5.78 Å². The van der Waals surface area contributed by atoms with Crippen LogP contribution in [0.5, 0.6) is 0 Å². The van der Waals surface area contributed by atoms with Crippen LogP contribution in [0.15, 0.2) is 48.5 Å². The van der Waals surface area contributed by atoms with Crippen LogP contribution < -0.4 is 0 Å². The Balaban J connectivity index is 2.16. The van der Waals surface area contributed by atoms with Gasteiger partial charge in [0.1, 0.15) is 0 Å². The molecular formula is C21H26O. The van der Waals surface area contributed by atoms with Crippen molar-refractivity contribution in [3.63, 3.8) is 0 Å². The molecular weight excluding hydrogens is 268 g/mol. The molecule has 0 aliphatic rings. The Morgan fingerprint density at radius 3 is 1.77 bits per heavy atom. The fourth-order valence-corrected chi connectivity index (χ4v) is 2.94. The minimum atomic E-state index is 0.109. The molecule has 1 atom stereocenters. The molecule has 0 saturated heterocycles. The van der Waals surface area contributed by atoms with Crippen molar-refractivity contribution < 1.29 is 4.79 Å². The molecule has 0 aromatic heterocycles. The summed E-state index contributed by atoms with van der Waals surface area (Å²) in [6.07, 6.45) is 1.18. The van der Waals surface area contributed by atoms with Crippen molar-refractivity contribution in [2.24, 2.45) is 5.41 Å². The predicted molar refractivity (Wildman–Crippen MR) is 94.4 cm³/mol. The van der Waals surface area contributed by atoms with Gasteiger partial charge in [0.15, 0.2) is 5.78 Å². The molecule has 116 valence electrons. The van der Waals surface area contributed by atoms with Crippen LogP contribution in [0.1, 0.15) is 62.9 Å². The fourth-order valence-electron chi connectivity index (χ4n) is 2.94. The number of hydrogen-bond acceptors (Lipinski definition) is 1. The first kappa shape index (κ1) is 16.5. The molecule has 0 bridgehead atoms. The summed E-state index contributed by atoms with van der Waals surface area (Å²) >= 11 is 0. The normalized spacial score (nSPS) is 13.0. The van der Waals surface area contributed by atoms with E-state index in [4.69, 9.17) is 0 Å².